The summed E-state index contributed by atoms with van der Waals surface area (Å²) in [6, 6.07) is 1.07. The van der Waals surface area contributed by atoms with E-state index in [0.29, 0.717) is 16.6 Å². The smallest absolute Gasteiger partial charge is 0.334 e. The molecule has 0 aliphatic carbocycles. The lowest BCUT2D eigenvalue weighted by atomic mass is 10.4. The van der Waals surface area contributed by atoms with Gasteiger partial charge >= 0.3 is 8.56 Å². The Kier molecular flexibility index (Phi) is 11.2. The first kappa shape index (κ1) is 23.3. The van der Waals surface area contributed by atoms with Crippen molar-refractivity contribution in [2.24, 2.45) is 0 Å². The third kappa shape index (κ3) is 6.98. The van der Waals surface area contributed by atoms with Crippen LogP contribution in [0.2, 0.25) is 29.2 Å². The maximum Gasteiger partial charge on any atom is 0.334 e. The zero-order valence-electron chi connectivity index (χ0n) is 17.2. The van der Waals surface area contributed by atoms with Crippen LogP contribution in [0.15, 0.2) is 0 Å². The van der Waals surface area contributed by atoms with Gasteiger partial charge in [0.1, 0.15) is 0 Å². The van der Waals surface area contributed by atoms with E-state index in [1.807, 2.05) is 0 Å². The topological polar surface area (TPSA) is 27.7 Å². The molecule has 0 saturated carbocycles. The van der Waals surface area contributed by atoms with E-state index in [9.17, 15) is 0 Å². The quantitative estimate of drug-likeness (QED) is 0.292. The lowest BCUT2D eigenvalue weighted by Crippen LogP contribution is -2.48. The van der Waals surface area contributed by atoms with Gasteiger partial charge in [0.2, 0.25) is 0 Å². The summed E-state index contributed by atoms with van der Waals surface area (Å²) in [4.78, 5) is 0. The molecule has 0 aliphatic heterocycles. The highest BCUT2D eigenvalue weighted by atomic mass is 28.4. The number of hydrogen-bond donors (Lipinski definition) is 0. The molecule has 0 aromatic carbocycles. The minimum Gasteiger partial charge on any atom is -0.416 e. The van der Waals surface area contributed by atoms with E-state index in [0.717, 1.165) is 38.7 Å². The Labute approximate surface area is 147 Å². The highest BCUT2D eigenvalue weighted by Gasteiger charge is 2.44. The van der Waals surface area contributed by atoms with E-state index < -0.39 is 16.9 Å². The maximum atomic E-state index is 6.62. The number of rotatable bonds is 13. The molecule has 5 heteroatoms. The molecule has 0 bridgehead atoms. The Morgan fingerprint density at radius 1 is 0.696 bits per heavy atom. The molecule has 0 spiro atoms. The molecule has 23 heavy (non-hydrogen) atoms. The molecule has 140 valence electrons. The van der Waals surface area contributed by atoms with Crippen molar-refractivity contribution in [3.8, 4) is 0 Å². The molecule has 0 radical (unpaired) electrons. The lowest BCUT2D eigenvalue weighted by Gasteiger charge is -2.42. The van der Waals surface area contributed by atoms with E-state index in [4.69, 9.17) is 13.3 Å². The zero-order chi connectivity index (χ0) is 18.1. The Balaban J connectivity index is 4.46. The van der Waals surface area contributed by atoms with Gasteiger partial charge in [-0.1, -0.05) is 41.5 Å². The predicted molar refractivity (Wildman–Crippen MR) is 106 cm³/mol. The maximum absolute atomic E-state index is 6.62. The second-order valence-corrected chi connectivity index (χ2v) is 16.4. The van der Waals surface area contributed by atoms with Gasteiger partial charge in [0.15, 0.2) is 8.32 Å². The number of unbranched alkanes of at least 4 members (excludes halogenated alkanes) is 1. The van der Waals surface area contributed by atoms with Crippen molar-refractivity contribution in [1.82, 2.24) is 0 Å². The summed E-state index contributed by atoms with van der Waals surface area (Å²) in [5.41, 5.74) is 1.98. The van der Waals surface area contributed by atoms with Gasteiger partial charge < -0.3 is 13.3 Å². The molecule has 0 aromatic rings. The fourth-order valence-electron chi connectivity index (χ4n) is 4.09. The second kappa shape index (κ2) is 11.0. The second-order valence-electron chi connectivity index (χ2n) is 7.62. The van der Waals surface area contributed by atoms with Crippen LogP contribution >= 0.6 is 0 Å². The molecule has 0 heterocycles. The molecular formula is C18H42O3Si2. The van der Waals surface area contributed by atoms with Crippen LogP contribution in [0.3, 0.4) is 0 Å². The monoisotopic (exact) mass is 362 g/mol. The van der Waals surface area contributed by atoms with E-state index in [1.54, 1.807) is 0 Å². The van der Waals surface area contributed by atoms with Gasteiger partial charge in [0, 0.05) is 19.8 Å². The normalized spacial score (nSPS) is 13.6. The zero-order valence-corrected chi connectivity index (χ0v) is 19.2. The Morgan fingerprint density at radius 3 is 1.48 bits per heavy atom. The van der Waals surface area contributed by atoms with Crippen molar-refractivity contribution in [2.75, 3.05) is 19.8 Å². The predicted octanol–water partition coefficient (Wildman–Crippen LogP) is 6.10. The molecule has 0 aliphatic rings. The van der Waals surface area contributed by atoms with Gasteiger partial charge in [-0.2, -0.15) is 0 Å². The molecule has 0 saturated heterocycles. The van der Waals surface area contributed by atoms with Crippen LogP contribution in [0, 0.1) is 0 Å². The van der Waals surface area contributed by atoms with Crippen molar-refractivity contribution in [2.45, 2.75) is 97.4 Å². The van der Waals surface area contributed by atoms with Crippen LogP contribution in [-0.2, 0) is 13.3 Å². The van der Waals surface area contributed by atoms with Gasteiger partial charge in [-0.15, -0.1) is 0 Å². The molecule has 0 fully saturated rings. The summed E-state index contributed by atoms with van der Waals surface area (Å²) in [7, 11) is -3.66. The van der Waals surface area contributed by atoms with Gasteiger partial charge in [-0.3, -0.25) is 0 Å². The summed E-state index contributed by atoms with van der Waals surface area (Å²) < 4.78 is 18.5. The van der Waals surface area contributed by atoms with E-state index in [-0.39, 0.29) is 0 Å². The fourth-order valence-corrected chi connectivity index (χ4v) is 12.1. The van der Waals surface area contributed by atoms with Gasteiger partial charge in [-0.05, 0) is 55.9 Å². The average molecular weight is 363 g/mol. The summed E-state index contributed by atoms with van der Waals surface area (Å²) in [5, 5.41) is 0. The van der Waals surface area contributed by atoms with Crippen molar-refractivity contribution >= 4 is 16.9 Å². The van der Waals surface area contributed by atoms with E-state index >= 15 is 0 Å². The Hall–Kier alpha value is 0.314. The van der Waals surface area contributed by atoms with Gasteiger partial charge in [0.05, 0.1) is 0 Å². The highest BCUT2D eigenvalue weighted by Crippen LogP contribution is 2.42. The molecule has 0 unspecified atom stereocenters. The van der Waals surface area contributed by atoms with Crippen molar-refractivity contribution in [3.63, 3.8) is 0 Å². The summed E-state index contributed by atoms with van der Waals surface area (Å²) in [5.74, 6) is 0. The molecule has 0 amide bonds. The lowest BCUT2D eigenvalue weighted by molar-refractivity contribution is 0.187. The molecular weight excluding hydrogens is 320 g/mol. The van der Waals surface area contributed by atoms with Crippen molar-refractivity contribution < 1.29 is 13.3 Å². The molecule has 0 N–H and O–H groups in total. The van der Waals surface area contributed by atoms with Crippen LogP contribution in [0.4, 0.5) is 0 Å². The first-order valence-electron chi connectivity index (χ1n) is 9.58. The van der Waals surface area contributed by atoms with Crippen LogP contribution < -0.4 is 0 Å². The standard InChI is InChI=1S/C18H42O3Si2/c1-10-19-22(9,20-11-2)15-13-12-14-21-23(16(3)4,17(5)6)18(7)8/h16-18H,10-15H2,1-9H3. The minimum atomic E-state index is -1.95. The fraction of sp³-hybridized carbons (Fsp3) is 1.00. The molecule has 0 aromatic heterocycles. The van der Waals surface area contributed by atoms with Gasteiger partial charge in [0.25, 0.3) is 0 Å². The van der Waals surface area contributed by atoms with Crippen molar-refractivity contribution in [1.29, 1.82) is 0 Å². The summed E-state index contributed by atoms with van der Waals surface area (Å²) in [6.45, 7) is 22.8. The summed E-state index contributed by atoms with van der Waals surface area (Å²) >= 11 is 0. The first-order chi connectivity index (χ1) is 10.7. The summed E-state index contributed by atoms with van der Waals surface area (Å²) in [6.07, 6.45) is 2.26. The van der Waals surface area contributed by atoms with Crippen LogP contribution in [0.5, 0.6) is 0 Å². The van der Waals surface area contributed by atoms with Crippen LogP contribution in [0.25, 0.3) is 0 Å². The third-order valence-electron chi connectivity index (χ3n) is 4.98. The van der Waals surface area contributed by atoms with E-state index in [2.05, 4.69) is 61.9 Å². The van der Waals surface area contributed by atoms with Crippen molar-refractivity contribution in [3.05, 3.63) is 0 Å². The van der Waals surface area contributed by atoms with E-state index in [1.165, 1.54) is 0 Å². The van der Waals surface area contributed by atoms with Crippen LogP contribution in [0.1, 0.15) is 68.2 Å². The SMILES string of the molecule is CCO[Si](C)(CCCCO[Si](C(C)C)(C(C)C)C(C)C)OCC. The molecule has 0 atom stereocenters. The highest BCUT2D eigenvalue weighted by molar-refractivity contribution is 6.77. The molecule has 0 rings (SSSR count). The Morgan fingerprint density at radius 2 is 1.13 bits per heavy atom. The largest absolute Gasteiger partial charge is 0.416 e. The average Bonchev–Trinajstić information content (AvgIpc) is 2.42. The molecule has 3 nitrogen and oxygen atoms in total. The Bertz CT molecular complexity index is 279. The minimum absolute atomic E-state index is 0.661. The number of hydrogen-bond acceptors (Lipinski definition) is 3. The van der Waals surface area contributed by atoms with Gasteiger partial charge in [-0.25, -0.2) is 0 Å². The first-order valence-corrected chi connectivity index (χ1v) is 14.2. The third-order valence-corrected chi connectivity index (χ3v) is 14.2. The van der Waals surface area contributed by atoms with Crippen LogP contribution in [-0.4, -0.2) is 36.7 Å².